The van der Waals surface area contributed by atoms with Crippen LogP contribution in [0.25, 0.3) is 0 Å². The Labute approximate surface area is 150 Å². The SMILES string of the molecule is CCCCOCCCNC(=O)C1CCCN1S(=O)(=O)c1ccccc1. The molecule has 0 aromatic heterocycles. The second-order valence-electron chi connectivity index (χ2n) is 6.20. The third-order valence-corrected chi connectivity index (χ3v) is 6.19. The maximum absolute atomic E-state index is 12.8. The Morgan fingerprint density at radius 3 is 2.68 bits per heavy atom. The van der Waals surface area contributed by atoms with Crippen molar-refractivity contribution in [2.45, 2.75) is 50.0 Å². The number of carbonyl (C=O) groups excluding carboxylic acids is 1. The molecule has 2 rings (SSSR count). The van der Waals surface area contributed by atoms with Gasteiger partial charge in [0.15, 0.2) is 0 Å². The van der Waals surface area contributed by atoms with Gasteiger partial charge in [-0.3, -0.25) is 4.79 Å². The van der Waals surface area contributed by atoms with Gasteiger partial charge in [-0.2, -0.15) is 4.31 Å². The molecule has 1 fully saturated rings. The summed E-state index contributed by atoms with van der Waals surface area (Å²) in [5, 5.41) is 2.84. The van der Waals surface area contributed by atoms with Gasteiger partial charge in [-0.1, -0.05) is 31.5 Å². The van der Waals surface area contributed by atoms with Crippen LogP contribution < -0.4 is 5.32 Å². The molecule has 0 saturated carbocycles. The molecule has 1 N–H and O–H groups in total. The first-order chi connectivity index (χ1) is 12.1. The van der Waals surface area contributed by atoms with E-state index in [9.17, 15) is 13.2 Å². The molecular weight excluding hydrogens is 340 g/mol. The quantitative estimate of drug-likeness (QED) is 0.642. The molecule has 7 heteroatoms. The van der Waals surface area contributed by atoms with Crippen molar-refractivity contribution >= 4 is 15.9 Å². The third kappa shape index (κ3) is 5.52. The summed E-state index contributed by atoms with van der Waals surface area (Å²) >= 11 is 0. The van der Waals surface area contributed by atoms with Crippen molar-refractivity contribution in [1.82, 2.24) is 9.62 Å². The van der Waals surface area contributed by atoms with Crippen LogP contribution in [0.5, 0.6) is 0 Å². The summed E-state index contributed by atoms with van der Waals surface area (Å²) in [6.07, 6.45) is 4.13. The molecule has 6 nitrogen and oxygen atoms in total. The van der Waals surface area contributed by atoms with Crippen LogP contribution in [0.4, 0.5) is 0 Å². The lowest BCUT2D eigenvalue weighted by Crippen LogP contribution is -2.46. The lowest BCUT2D eigenvalue weighted by molar-refractivity contribution is -0.124. The molecule has 1 aromatic carbocycles. The number of ether oxygens (including phenoxy) is 1. The van der Waals surface area contributed by atoms with Gasteiger partial charge in [0, 0.05) is 26.3 Å². The highest BCUT2D eigenvalue weighted by molar-refractivity contribution is 7.89. The highest BCUT2D eigenvalue weighted by atomic mass is 32.2. The number of carbonyl (C=O) groups is 1. The van der Waals surface area contributed by atoms with Gasteiger partial charge in [-0.25, -0.2) is 8.42 Å². The topological polar surface area (TPSA) is 75.7 Å². The molecular formula is C18H28N2O4S. The number of rotatable bonds is 10. The van der Waals surface area contributed by atoms with E-state index in [0.29, 0.717) is 32.5 Å². The van der Waals surface area contributed by atoms with Crippen molar-refractivity contribution in [2.24, 2.45) is 0 Å². The van der Waals surface area contributed by atoms with Crippen LogP contribution in [0.15, 0.2) is 35.2 Å². The smallest absolute Gasteiger partial charge is 0.243 e. The van der Waals surface area contributed by atoms with E-state index in [4.69, 9.17) is 4.74 Å². The molecule has 1 saturated heterocycles. The van der Waals surface area contributed by atoms with Gasteiger partial charge in [0.2, 0.25) is 15.9 Å². The molecule has 0 bridgehead atoms. The number of nitrogens with one attached hydrogen (secondary N) is 1. The molecule has 0 aliphatic carbocycles. The second kappa shape index (κ2) is 9.89. The number of hydrogen-bond acceptors (Lipinski definition) is 4. The molecule has 0 radical (unpaired) electrons. The highest BCUT2D eigenvalue weighted by Crippen LogP contribution is 2.26. The number of nitrogens with zero attached hydrogens (tertiary/aromatic N) is 1. The fourth-order valence-corrected chi connectivity index (χ4v) is 4.55. The first-order valence-corrected chi connectivity index (χ1v) is 10.4. The summed E-state index contributed by atoms with van der Waals surface area (Å²) in [6, 6.07) is 7.67. The van der Waals surface area contributed by atoms with Crippen LogP contribution in [0.1, 0.15) is 39.0 Å². The van der Waals surface area contributed by atoms with Crippen molar-refractivity contribution in [1.29, 1.82) is 0 Å². The number of hydrogen-bond donors (Lipinski definition) is 1. The average molecular weight is 368 g/mol. The van der Waals surface area contributed by atoms with Crippen LogP contribution in [0, 0.1) is 0 Å². The first kappa shape index (κ1) is 19.9. The van der Waals surface area contributed by atoms with Crippen molar-refractivity contribution < 1.29 is 17.9 Å². The van der Waals surface area contributed by atoms with Gasteiger partial charge < -0.3 is 10.1 Å². The number of unbranched alkanes of at least 4 members (excludes halogenated alkanes) is 1. The minimum absolute atomic E-state index is 0.217. The lowest BCUT2D eigenvalue weighted by atomic mass is 10.2. The zero-order chi connectivity index (χ0) is 18.1. The zero-order valence-corrected chi connectivity index (χ0v) is 15.6. The summed E-state index contributed by atoms with van der Waals surface area (Å²) in [7, 11) is -3.63. The van der Waals surface area contributed by atoms with Gasteiger partial charge in [0.1, 0.15) is 6.04 Å². The Hall–Kier alpha value is -1.44. The van der Waals surface area contributed by atoms with Crippen molar-refractivity contribution in [3.05, 3.63) is 30.3 Å². The summed E-state index contributed by atoms with van der Waals surface area (Å²) < 4.78 is 32.3. The Morgan fingerprint density at radius 2 is 1.96 bits per heavy atom. The summed E-state index contributed by atoms with van der Waals surface area (Å²) in [5.41, 5.74) is 0. The molecule has 1 amide bonds. The van der Waals surface area contributed by atoms with E-state index in [1.807, 2.05) is 0 Å². The largest absolute Gasteiger partial charge is 0.381 e. The molecule has 140 valence electrons. The van der Waals surface area contributed by atoms with Crippen LogP contribution in [0.2, 0.25) is 0 Å². The molecule has 1 unspecified atom stereocenters. The van der Waals surface area contributed by atoms with Gasteiger partial charge in [0.25, 0.3) is 0 Å². The third-order valence-electron chi connectivity index (χ3n) is 4.26. The molecule has 25 heavy (non-hydrogen) atoms. The Morgan fingerprint density at radius 1 is 1.24 bits per heavy atom. The standard InChI is InChI=1S/C18H28N2O4S/c1-2-3-14-24-15-8-12-19-18(21)17-11-7-13-20(17)25(22,23)16-9-5-4-6-10-16/h4-6,9-10,17H,2-3,7-8,11-15H2,1H3,(H,19,21). The van der Waals surface area contributed by atoms with E-state index in [2.05, 4.69) is 12.2 Å². The Kier molecular flexibility index (Phi) is 7.87. The Bertz CT molecular complexity index is 634. The second-order valence-corrected chi connectivity index (χ2v) is 8.09. The first-order valence-electron chi connectivity index (χ1n) is 8.99. The van der Waals surface area contributed by atoms with Crippen LogP contribution in [-0.4, -0.2) is 51.0 Å². The fourth-order valence-electron chi connectivity index (χ4n) is 2.87. The van der Waals surface area contributed by atoms with E-state index in [0.717, 1.165) is 25.9 Å². The fraction of sp³-hybridized carbons (Fsp3) is 0.611. The van der Waals surface area contributed by atoms with E-state index in [1.165, 1.54) is 4.31 Å². The van der Waals surface area contributed by atoms with Crippen molar-refractivity contribution in [3.8, 4) is 0 Å². The zero-order valence-electron chi connectivity index (χ0n) is 14.8. The molecule has 1 aromatic rings. The minimum Gasteiger partial charge on any atom is -0.381 e. The van der Waals surface area contributed by atoms with E-state index in [1.54, 1.807) is 30.3 Å². The molecule has 1 aliphatic rings. The lowest BCUT2D eigenvalue weighted by Gasteiger charge is -2.23. The monoisotopic (exact) mass is 368 g/mol. The molecule has 1 heterocycles. The number of benzene rings is 1. The molecule has 0 spiro atoms. The van der Waals surface area contributed by atoms with Crippen molar-refractivity contribution in [2.75, 3.05) is 26.3 Å². The maximum atomic E-state index is 12.8. The van der Waals surface area contributed by atoms with Gasteiger partial charge in [0.05, 0.1) is 4.90 Å². The average Bonchev–Trinajstić information content (AvgIpc) is 3.12. The normalized spacial score (nSPS) is 18.4. The van der Waals surface area contributed by atoms with Crippen LogP contribution >= 0.6 is 0 Å². The van der Waals surface area contributed by atoms with Crippen LogP contribution in [-0.2, 0) is 19.6 Å². The van der Waals surface area contributed by atoms with Gasteiger partial charge >= 0.3 is 0 Å². The van der Waals surface area contributed by atoms with Crippen molar-refractivity contribution in [3.63, 3.8) is 0 Å². The number of amides is 1. The molecule has 1 aliphatic heterocycles. The van der Waals surface area contributed by atoms with E-state index >= 15 is 0 Å². The predicted octanol–water partition coefficient (Wildman–Crippen LogP) is 2.16. The summed E-state index contributed by atoms with van der Waals surface area (Å²) in [4.78, 5) is 12.6. The van der Waals surface area contributed by atoms with E-state index in [-0.39, 0.29) is 10.8 Å². The minimum atomic E-state index is -3.63. The highest BCUT2D eigenvalue weighted by Gasteiger charge is 2.39. The Balaban J connectivity index is 1.85. The summed E-state index contributed by atoms with van der Waals surface area (Å²) in [5.74, 6) is -0.217. The van der Waals surface area contributed by atoms with Gasteiger partial charge in [-0.15, -0.1) is 0 Å². The van der Waals surface area contributed by atoms with E-state index < -0.39 is 16.1 Å². The predicted molar refractivity (Wildman–Crippen MR) is 96.7 cm³/mol. The molecule has 1 atom stereocenters. The summed E-state index contributed by atoms with van der Waals surface area (Å²) in [6.45, 7) is 4.35. The van der Waals surface area contributed by atoms with Crippen LogP contribution in [0.3, 0.4) is 0 Å². The maximum Gasteiger partial charge on any atom is 0.243 e. The number of sulfonamides is 1. The van der Waals surface area contributed by atoms with Gasteiger partial charge in [-0.05, 0) is 37.8 Å².